The number of carbonyl (C=O) groups excluding carboxylic acids is 1. The highest BCUT2D eigenvalue weighted by molar-refractivity contribution is 5.77. The summed E-state index contributed by atoms with van der Waals surface area (Å²) < 4.78 is 11.7. The van der Waals surface area contributed by atoms with Crippen LogP contribution in [0.1, 0.15) is 12.7 Å². The predicted octanol–water partition coefficient (Wildman–Crippen LogP) is 0.324. The van der Waals surface area contributed by atoms with Crippen LogP contribution in [0.2, 0.25) is 0 Å². The molecule has 0 saturated heterocycles. The Hall–Kier alpha value is -2.48. The van der Waals surface area contributed by atoms with E-state index in [1.807, 2.05) is 31.2 Å². The molecule has 0 bridgehead atoms. The second-order valence-corrected chi connectivity index (χ2v) is 4.14. The van der Waals surface area contributed by atoms with Crippen LogP contribution in [0, 0.1) is 0 Å². The molecule has 1 aromatic carbocycles. The first kappa shape index (κ1) is 14.9. The number of tetrazole rings is 1. The lowest BCUT2D eigenvalue weighted by Gasteiger charge is -2.07. The van der Waals surface area contributed by atoms with Gasteiger partial charge in [0.1, 0.15) is 12.4 Å². The number of ether oxygens (including phenoxy) is 2. The quantitative estimate of drug-likeness (QED) is 0.790. The number of methoxy groups -OCH3 is 1. The van der Waals surface area contributed by atoms with Crippen LogP contribution >= 0.6 is 0 Å². The van der Waals surface area contributed by atoms with Crippen LogP contribution in [0.15, 0.2) is 24.3 Å². The Morgan fingerprint density at radius 2 is 2.10 bits per heavy atom. The van der Waals surface area contributed by atoms with E-state index in [0.29, 0.717) is 12.4 Å². The first-order valence-corrected chi connectivity index (χ1v) is 6.50. The third kappa shape index (κ3) is 3.99. The fourth-order valence-electron chi connectivity index (χ4n) is 1.73. The zero-order valence-electron chi connectivity index (χ0n) is 11.9. The number of benzene rings is 1. The number of amides is 1. The maximum absolute atomic E-state index is 11.4. The van der Waals surface area contributed by atoms with Crippen molar-refractivity contribution in [3.05, 3.63) is 30.1 Å². The van der Waals surface area contributed by atoms with Crippen molar-refractivity contribution in [1.29, 1.82) is 0 Å². The molecule has 1 amide bonds. The molecule has 0 radical (unpaired) electrons. The molecular weight excluding hydrogens is 274 g/mol. The first-order valence-electron chi connectivity index (χ1n) is 6.50. The van der Waals surface area contributed by atoms with E-state index in [2.05, 4.69) is 20.8 Å². The summed E-state index contributed by atoms with van der Waals surface area (Å²) in [5, 5.41) is 14.1. The molecule has 0 aliphatic rings. The molecule has 1 N–H and O–H groups in total. The third-order valence-electron chi connectivity index (χ3n) is 2.65. The fraction of sp³-hybridized carbons (Fsp3) is 0.385. The van der Waals surface area contributed by atoms with E-state index >= 15 is 0 Å². The van der Waals surface area contributed by atoms with E-state index in [-0.39, 0.29) is 19.1 Å². The van der Waals surface area contributed by atoms with Crippen molar-refractivity contribution in [2.45, 2.75) is 13.5 Å². The van der Waals surface area contributed by atoms with E-state index in [1.165, 1.54) is 7.11 Å². The highest BCUT2D eigenvalue weighted by atomic mass is 16.5. The zero-order valence-corrected chi connectivity index (χ0v) is 11.9. The summed E-state index contributed by atoms with van der Waals surface area (Å²) in [6.07, 6.45) is 0. The van der Waals surface area contributed by atoms with Crippen LogP contribution in [0.3, 0.4) is 0 Å². The van der Waals surface area contributed by atoms with Crippen LogP contribution < -0.4 is 10.1 Å². The molecule has 8 heteroatoms. The number of carbonyl (C=O) groups is 1. The van der Waals surface area contributed by atoms with Crippen molar-refractivity contribution in [3.63, 3.8) is 0 Å². The highest BCUT2D eigenvalue weighted by Crippen LogP contribution is 2.15. The summed E-state index contributed by atoms with van der Waals surface area (Å²) in [7, 11) is 1.46. The summed E-state index contributed by atoms with van der Waals surface area (Å²) in [4.78, 5) is 11.4. The standard InChI is InChI=1S/C13H17N5O3/c1-3-21-11-6-4-10(5-7-11)18-12(15-16-17-18)8-14-13(19)9-20-2/h4-7H,3,8-9H2,1-2H3,(H,14,19). The first-order chi connectivity index (χ1) is 10.2. The molecule has 0 unspecified atom stereocenters. The zero-order chi connectivity index (χ0) is 15.1. The monoisotopic (exact) mass is 291 g/mol. The van der Waals surface area contributed by atoms with Crippen LogP contribution in [0.5, 0.6) is 5.75 Å². The van der Waals surface area contributed by atoms with Crippen molar-refractivity contribution in [2.24, 2.45) is 0 Å². The Labute approximate surface area is 122 Å². The summed E-state index contributed by atoms with van der Waals surface area (Å²) >= 11 is 0. The molecular formula is C13H17N5O3. The molecule has 0 fully saturated rings. The molecule has 8 nitrogen and oxygen atoms in total. The summed E-state index contributed by atoms with van der Waals surface area (Å²) in [6.45, 7) is 2.77. The van der Waals surface area contributed by atoms with Crippen LogP contribution in [0.4, 0.5) is 0 Å². The van der Waals surface area contributed by atoms with Gasteiger partial charge in [0, 0.05) is 7.11 Å². The number of nitrogens with one attached hydrogen (secondary N) is 1. The molecule has 0 spiro atoms. The number of aromatic nitrogens is 4. The largest absolute Gasteiger partial charge is 0.494 e. The SMILES string of the molecule is CCOc1ccc(-n2nnnc2CNC(=O)COC)cc1. The Morgan fingerprint density at radius 1 is 1.33 bits per heavy atom. The van der Waals surface area contributed by atoms with Crippen LogP contribution in [-0.2, 0) is 16.1 Å². The minimum absolute atomic E-state index is 0.00458. The normalized spacial score (nSPS) is 10.4. The average molecular weight is 291 g/mol. The number of hydrogen-bond acceptors (Lipinski definition) is 6. The van der Waals surface area contributed by atoms with Gasteiger partial charge in [0.2, 0.25) is 5.91 Å². The average Bonchev–Trinajstić information content (AvgIpc) is 2.95. The molecule has 2 rings (SSSR count). The van der Waals surface area contributed by atoms with E-state index in [9.17, 15) is 4.79 Å². The maximum Gasteiger partial charge on any atom is 0.246 e. The fourth-order valence-corrected chi connectivity index (χ4v) is 1.73. The predicted molar refractivity (Wildman–Crippen MR) is 74.0 cm³/mol. The van der Waals surface area contributed by atoms with Crippen molar-refractivity contribution < 1.29 is 14.3 Å². The minimum atomic E-state index is -0.223. The van der Waals surface area contributed by atoms with Gasteiger partial charge in [0.15, 0.2) is 5.82 Å². The second kappa shape index (κ2) is 7.34. The topological polar surface area (TPSA) is 91.2 Å². The minimum Gasteiger partial charge on any atom is -0.494 e. The van der Waals surface area contributed by atoms with Crippen molar-refractivity contribution in [2.75, 3.05) is 20.3 Å². The third-order valence-corrected chi connectivity index (χ3v) is 2.65. The summed E-state index contributed by atoms with van der Waals surface area (Å²) in [5.41, 5.74) is 0.791. The Morgan fingerprint density at radius 3 is 2.76 bits per heavy atom. The van der Waals surface area contributed by atoms with Gasteiger partial charge in [-0.1, -0.05) is 0 Å². The van der Waals surface area contributed by atoms with Gasteiger partial charge in [-0.25, -0.2) is 0 Å². The van der Waals surface area contributed by atoms with Crippen molar-refractivity contribution >= 4 is 5.91 Å². The molecule has 1 aromatic heterocycles. The van der Waals surface area contributed by atoms with Gasteiger partial charge in [-0.15, -0.1) is 5.10 Å². The van der Waals surface area contributed by atoms with E-state index in [4.69, 9.17) is 9.47 Å². The lowest BCUT2D eigenvalue weighted by atomic mass is 10.3. The lowest BCUT2D eigenvalue weighted by Crippen LogP contribution is -2.28. The molecule has 0 aliphatic carbocycles. The Balaban J connectivity index is 2.07. The van der Waals surface area contributed by atoms with Gasteiger partial charge in [0.25, 0.3) is 0 Å². The molecule has 112 valence electrons. The number of hydrogen-bond donors (Lipinski definition) is 1. The molecule has 21 heavy (non-hydrogen) atoms. The van der Waals surface area contributed by atoms with E-state index < -0.39 is 0 Å². The summed E-state index contributed by atoms with van der Waals surface area (Å²) in [5.74, 6) is 1.09. The highest BCUT2D eigenvalue weighted by Gasteiger charge is 2.09. The Bertz CT molecular complexity index is 582. The Kier molecular flexibility index (Phi) is 5.22. The van der Waals surface area contributed by atoms with Crippen molar-refractivity contribution in [3.8, 4) is 11.4 Å². The maximum atomic E-state index is 11.4. The van der Waals surface area contributed by atoms with E-state index in [1.54, 1.807) is 4.68 Å². The molecule has 0 atom stereocenters. The van der Waals surface area contributed by atoms with Gasteiger partial charge in [-0.3, -0.25) is 4.79 Å². The van der Waals surface area contributed by atoms with E-state index in [0.717, 1.165) is 11.4 Å². The van der Waals surface area contributed by atoms with Gasteiger partial charge in [-0.2, -0.15) is 4.68 Å². The van der Waals surface area contributed by atoms with Crippen LogP contribution in [-0.4, -0.2) is 46.4 Å². The number of rotatable bonds is 7. The van der Waals surface area contributed by atoms with Gasteiger partial charge >= 0.3 is 0 Å². The molecule has 0 saturated carbocycles. The van der Waals surface area contributed by atoms with Gasteiger partial charge in [0.05, 0.1) is 18.8 Å². The summed E-state index contributed by atoms with van der Waals surface area (Å²) in [6, 6.07) is 7.38. The molecule has 2 aromatic rings. The van der Waals surface area contributed by atoms with Gasteiger partial charge in [-0.05, 0) is 41.6 Å². The van der Waals surface area contributed by atoms with Gasteiger partial charge < -0.3 is 14.8 Å². The second-order valence-electron chi connectivity index (χ2n) is 4.14. The molecule has 0 aliphatic heterocycles. The number of nitrogens with zero attached hydrogens (tertiary/aromatic N) is 4. The van der Waals surface area contributed by atoms with Crippen LogP contribution in [0.25, 0.3) is 5.69 Å². The van der Waals surface area contributed by atoms with Crippen molar-refractivity contribution in [1.82, 2.24) is 25.5 Å². The lowest BCUT2D eigenvalue weighted by molar-refractivity contribution is -0.124. The smallest absolute Gasteiger partial charge is 0.246 e. The molecule has 1 heterocycles.